The predicted octanol–water partition coefficient (Wildman–Crippen LogP) is 3.14. The third-order valence-electron chi connectivity index (χ3n) is 4.15. The van der Waals surface area contributed by atoms with Gasteiger partial charge in [0, 0.05) is 16.7 Å². The number of rotatable bonds is 3. The molecule has 1 aliphatic heterocycles. The largest absolute Gasteiger partial charge is 0.464 e. The van der Waals surface area contributed by atoms with Gasteiger partial charge in [-0.3, -0.25) is 0 Å². The van der Waals surface area contributed by atoms with Crippen LogP contribution in [0.4, 0.5) is 19.0 Å². The molecule has 0 amide bonds. The molecule has 1 aliphatic rings. The van der Waals surface area contributed by atoms with E-state index in [9.17, 15) is 23.2 Å². The number of anilines is 1. The van der Waals surface area contributed by atoms with Crippen LogP contribution in [0.25, 0.3) is 11.3 Å². The summed E-state index contributed by atoms with van der Waals surface area (Å²) in [6.07, 6.45) is -5.25. The van der Waals surface area contributed by atoms with Gasteiger partial charge in [-0.15, -0.1) is 0 Å². The van der Waals surface area contributed by atoms with E-state index in [1.165, 1.54) is 19.1 Å². The highest BCUT2D eigenvalue weighted by molar-refractivity contribution is 6.30. The topological polar surface area (TPSA) is 106 Å². The Kier molecular flexibility index (Phi) is 4.72. The molecule has 0 saturated carbocycles. The van der Waals surface area contributed by atoms with Crippen molar-refractivity contribution in [2.45, 2.75) is 18.6 Å². The van der Waals surface area contributed by atoms with E-state index < -0.39 is 29.1 Å². The van der Waals surface area contributed by atoms with Gasteiger partial charge in [0.15, 0.2) is 0 Å². The van der Waals surface area contributed by atoms with Crippen LogP contribution in [0.1, 0.15) is 6.92 Å². The second-order valence-electron chi connectivity index (χ2n) is 5.79. The molecular formula is C17H13ClF3N5O2. The van der Waals surface area contributed by atoms with Crippen molar-refractivity contribution in [2.75, 3.05) is 11.9 Å². The van der Waals surface area contributed by atoms with Crippen LogP contribution in [0, 0.1) is 11.3 Å². The molecule has 0 fully saturated rings. The lowest BCUT2D eigenvalue weighted by Crippen LogP contribution is -2.59. The molecule has 1 aromatic carbocycles. The van der Waals surface area contributed by atoms with Gasteiger partial charge < -0.3 is 15.8 Å². The SMILES string of the molecule is CCOC(=O)[C@]1(C(F)(F)F)C(C#N)=C(N)Nc2cc(-c3ccc(Cl)cc3)nn21. The van der Waals surface area contributed by atoms with Crippen molar-refractivity contribution in [3.63, 3.8) is 0 Å². The summed E-state index contributed by atoms with van der Waals surface area (Å²) < 4.78 is 47.9. The number of hydrogen-bond donors (Lipinski definition) is 2. The summed E-state index contributed by atoms with van der Waals surface area (Å²) in [5, 5.41) is 16.2. The Morgan fingerprint density at radius 3 is 2.61 bits per heavy atom. The highest BCUT2D eigenvalue weighted by Gasteiger charge is 2.69. The molecule has 11 heteroatoms. The molecular weight excluding hydrogens is 399 g/mol. The fraction of sp³-hybridized carbons (Fsp3) is 0.235. The molecule has 146 valence electrons. The molecule has 7 nitrogen and oxygen atoms in total. The van der Waals surface area contributed by atoms with Crippen molar-refractivity contribution in [3.8, 4) is 17.3 Å². The lowest BCUT2D eigenvalue weighted by molar-refractivity contribution is -0.218. The number of nitrogens with one attached hydrogen (secondary N) is 1. The van der Waals surface area contributed by atoms with Crippen LogP contribution in [0.3, 0.4) is 0 Å². The molecule has 0 bridgehead atoms. The van der Waals surface area contributed by atoms with E-state index in [-0.39, 0.29) is 18.1 Å². The number of carbonyl (C=O) groups excluding carboxylic acids is 1. The molecule has 28 heavy (non-hydrogen) atoms. The number of nitrogens with zero attached hydrogens (tertiary/aromatic N) is 3. The fourth-order valence-electron chi connectivity index (χ4n) is 2.93. The number of aromatic nitrogens is 2. The summed E-state index contributed by atoms with van der Waals surface area (Å²) in [6, 6.07) is 8.85. The summed E-state index contributed by atoms with van der Waals surface area (Å²) in [6.45, 7) is 1.02. The zero-order chi connectivity index (χ0) is 20.7. The van der Waals surface area contributed by atoms with Crippen LogP contribution in [0.5, 0.6) is 0 Å². The maximum Gasteiger partial charge on any atom is 0.429 e. The van der Waals surface area contributed by atoms with Crippen LogP contribution in [0.2, 0.25) is 5.02 Å². The molecule has 0 radical (unpaired) electrons. The summed E-state index contributed by atoms with van der Waals surface area (Å²) in [5.41, 5.74) is 1.67. The van der Waals surface area contributed by atoms with E-state index in [2.05, 4.69) is 15.2 Å². The number of hydrogen-bond acceptors (Lipinski definition) is 6. The van der Waals surface area contributed by atoms with E-state index in [4.69, 9.17) is 17.3 Å². The van der Waals surface area contributed by atoms with E-state index in [0.29, 0.717) is 15.3 Å². The zero-order valence-electron chi connectivity index (χ0n) is 14.3. The molecule has 0 spiro atoms. The average molecular weight is 412 g/mol. The first kappa shape index (κ1) is 19.6. The maximum absolute atomic E-state index is 14.3. The third kappa shape index (κ3) is 2.75. The minimum absolute atomic E-state index is 0.115. The average Bonchev–Trinajstić information content (AvgIpc) is 3.03. The van der Waals surface area contributed by atoms with Gasteiger partial charge in [0.25, 0.3) is 5.54 Å². The summed E-state index contributed by atoms with van der Waals surface area (Å²) in [4.78, 5) is 12.5. The Balaban J connectivity index is 2.31. The molecule has 2 aromatic rings. The molecule has 2 heterocycles. The maximum atomic E-state index is 14.3. The first-order valence-corrected chi connectivity index (χ1v) is 8.32. The second-order valence-corrected chi connectivity index (χ2v) is 6.22. The Bertz CT molecular complexity index is 1010. The molecule has 1 aromatic heterocycles. The molecule has 1 atom stereocenters. The lowest BCUT2D eigenvalue weighted by Gasteiger charge is -2.37. The lowest BCUT2D eigenvalue weighted by atomic mass is 9.87. The van der Waals surface area contributed by atoms with Crippen molar-refractivity contribution in [3.05, 3.63) is 46.7 Å². The minimum atomic E-state index is -5.25. The number of ether oxygens (including phenoxy) is 1. The smallest absolute Gasteiger partial charge is 0.429 e. The van der Waals surface area contributed by atoms with E-state index in [0.717, 1.165) is 0 Å². The molecule has 0 unspecified atom stereocenters. The quantitative estimate of drug-likeness (QED) is 0.751. The number of esters is 1. The summed E-state index contributed by atoms with van der Waals surface area (Å²) in [7, 11) is 0. The van der Waals surface area contributed by atoms with Gasteiger partial charge in [-0.05, 0) is 19.1 Å². The standard InChI is InChI=1S/C17H13ClF3N5O2/c1-2-28-15(27)16(17(19,20)21)11(8-22)14(23)24-13-7-12(25-26(13)16)9-3-5-10(18)6-4-9/h3-7,24H,2,23H2,1H3/t16-/m0/s1. The van der Waals surface area contributed by atoms with Crippen molar-refractivity contribution >= 4 is 23.4 Å². The number of alkyl halides is 3. The van der Waals surface area contributed by atoms with Crippen LogP contribution >= 0.6 is 11.6 Å². The normalized spacial score (nSPS) is 18.9. The molecule has 0 aliphatic carbocycles. The highest BCUT2D eigenvalue weighted by atomic mass is 35.5. The number of benzene rings is 1. The van der Waals surface area contributed by atoms with E-state index >= 15 is 0 Å². The van der Waals surface area contributed by atoms with Crippen LogP contribution in [-0.4, -0.2) is 28.5 Å². The fourth-order valence-corrected chi connectivity index (χ4v) is 3.06. The first-order chi connectivity index (χ1) is 13.2. The Hall–Kier alpha value is -3.19. The number of fused-ring (bicyclic) bond motifs is 1. The third-order valence-corrected chi connectivity index (χ3v) is 4.41. The van der Waals surface area contributed by atoms with Gasteiger partial charge in [0.2, 0.25) is 0 Å². The number of nitriles is 1. The van der Waals surface area contributed by atoms with E-state index in [1.807, 2.05) is 0 Å². The van der Waals surface area contributed by atoms with Gasteiger partial charge in [-0.2, -0.15) is 23.5 Å². The van der Waals surface area contributed by atoms with Crippen LogP contribution in [-0.2, 0) is 15.1 Å². The molecule has 0 saturated heterocycles. The predicted molar refractivity (Wildman–Crippen MR) is 93.8 cm³/mol. The van der Waals surface area contributed by atoms with Crippen molar-refractivity contribution in [2.24, 2.45) is 5.73 Å². The Labute approximate surface area is 162 Å². The zero-order valence-corrected chi connectivity index (χ0v) is 15.1. The number of nitrogens with two attached hydrogens (primary N) is 1. The second kappa shape index (κ2) is 6.76. The van der Waals surface area contributed by atoms with Crippen LogP contribution < -0.4 is 11.1 Å². The number of halogens is 4. The Morgan fingerprint density at radius 2 is 2.07 bits per heavy atom. The summed E-state index contributed by atoms with van der Waals surface area (Å²) >= 11 is 5.83. The summed E-state index contributed by atoms with van der Waals surface area (Å²) in [5.74, 6) is -2.52. The van der Waals surface area contributed by atoms with E-state index in [1.54, 1.807) is 24.3 Å². The molecule has 3 N–H and O–H groups in total. The van der Waals surface area contributed by atoms with Crippen molar-refractivity contribution in [1.82, 2.24) is 9.78 Å². The van der Waals surface area contributed by atoms with Gasteiger partial charge >= 0.3 is 12.1 Å². The monoisotopic (exact) mass is 411 g/mol. The Morgan fingerprint density at radius 1 is 1.43 bits per heavy atom. The van der Waals surface area contributed by atoms with Gasteiger partial charge in [-0.1, -0.05) is 23.7 Å². The van der Waals surface area contributed by atoms with Crippen LogP contribution in [0.15, 0.2) is 41.7 Å². The van der Waals surface area contributed by atoms with Gasteiger partial charge in [0.1, 0.15) is 23.3 Å². The minimum Gasteiger partial charge on any atom is -0.464 e. The van der Waals surface area contributed by atoms with Gasteiger partial charge in [-0.25, -0.2) is 9.48 Å². The van der Waals surface area contributed by atoms with Gasteiger partial charge in [0.05, 0.1) is 12.3 Å². The first-order valence-electron chi connectivity index (χ1n) is 7.94. The molecule has 3 rings (SSSR count). The van der Waals surface area contributed by atoms with Crippen molar-refractivity contribution in [1.29, 1.82) is 5.26 Å². The number of carbonyl (C=O) groups is 1. The highest BCUT2D eigenvalue weighted by Crippen LogP contribution is 2.48. The van der Waals surface area contributed by atoms with Crippen molar-refractivity contribution < 1.29 is 22.7 Å².